The number of benzene rings is 1. The molecule has 0 amide bonds. The topological polar surface area (TPSA) is 35.5 Å². The smallest absolute Gasteiger partial charge is 0.305 e. The van der Waals surface area contributed by atoms with Gasteiger partial charge in [0.2, 0.25) is 0 Å². The highest BCUT2D eigenvalue weighted by molar-refractivity contribution is 5.69. The minimum absolute atomic E-state index is 0.139. The normalized spacial score (nSPS) is 10.0. The lowest BCUT2D eigenvalue weighted by molar-refractivity contribution is -0.143. The summed E-state index contributed by atoms with van der Waals surface area (Å²) in [5.41, 5.74) is 1.17. The maximum absolute atomic E-state index is 11.2. The van der Waals surface area contributed by atoms with Gasteiger partial charge in [-0.15, -0.1) is 0 Å². The molecule has 0 atom stereocenters. The van der Waals surface area contributed by atoms with Crippen molar-refractivity contribution >= 4 is 5.97 Å². The fourth-order valence-corrected chi connectivity index (χ4v) is 1.40. The van der Waals surface area contributed by atoms with Crippen molar-refractivity contribution in [3.05, 3.63) is 29.8 Å². The lowest BCUT2D eigenvalue weighted by Crippen LogP contribution is -2.07. The number of aryl methyl sites for hydroxylation is 1. The molecule has 17 heavy (non-hydrogen) atoms. The van der Waals surface area contributed by atoms with Crippen LogP contribution in [0, 0.1) is 6.92 Å². The number of esters is 1. The van der Waals surface area contributed by atoms with Gasteiger partial charge in [0.1, 0.15) is 5.75 Å². The minimum Gasteiger partial charge on any atom is -0.494 e. The number of hydrogen-bond acceptors (Lipinski definition) is 3. The third-order valence-electron chi connectivity index (χ3n) is 2.25. The van der Waals surface area contributed by atoms with E-state index in [1.54, 1.807) is 0 Å². The Hall–Kier alpha value is -1.51. The van der Waals surface area contributed by atoms with Crippen molar-refractivity contribution in [2.75, 3.05) is 13.2 Å². The molecule has 0 aromatic heterocycles. The van der Waals surface area contributed by atoms with Crippen LogP contribution in [0.15, 0.2) is 24.3 Å². The molecule has 0 unspecified atom stereocenters. The number of carbonyl (C=O) groups excluding carboxylic acids is 1. The van der Waals surface area contributed by atoms with Crippen LogP contribution in [0.25, 0.3) is 0 Å². The van der Waals surface area contributed by atoms with Crippen molar-refractivity contribution < 1.29 is 14.3 Å². The van der Waals surface area contributed by atoms with Gasteiger partial charge in [0.05, 0.1) is 13.2 Å². The van der Waals surface area contributed by atoms with Gasteiger partial charge in [0.25, 0.3) is 0 Å². The van der Waals surface area contributed by atoms with Crippen molar-refractivity contribution in [2.45, 2.75) is 33.1 Å². The standard InChI is InChI=1S/C14H20O3/c1-3-9-17-14(15)8-5-10-16-13-7-4-6-12(2)11-13/h4,6-7,11H,3,5,8-10H2,1-2H3. The maximum atomic E-state index is 11.2. The second-order valence-electron chi connectivity index (χ2n) is 3.99. The summed E-state index contributed by atoms with van der Waals surface area (Å²) < 4.78 is 10.5. The summed E-state index contributed by atoms with van der Waals surface area (Å²) in [6, 6.07) is 7.88. The molecular weight excluding hydrogens is 216 g/mol. The second kappa shape index (κ2) is 7.71. The van der Waals surface area contributed by atoms with E-state index in [2.05, 4.69) is 0 Å². The van der Waals surface area contributed by atoms with E-state index < -0.39 is 0 Å². The van der Waals surface area contributed by atoms with Crippen molar-refractivity contribution in [1.29, 1.82) is 0 Å². The Kier molecular flexibility index (Phi) is 6.15. The first-order chi connectivity index (χ1) is 8.22. The van der Waals surface area contributed by atoms with Gasteiger partial charge in [-0.25, -0.2) is 0 Å². The van der Waals surface area contributed by atoms with Crippen LogP contribution < -0.4 is 4.74 Å². The lowest BCUT2D eigenvalue weighted by atomic mass is 10.2. The van der Waals surface area contributed by atoms with E-state index in [-0.39, 0.29) is 5.97 Å². The molecule has 0 aliphatic rings. The zero-order chi connectivity index (χ0) is 12.5. The Balaban J connectivity index is 2.14. The van der Waals surface area contributed by atoms with Crippen molar-refractivity contribution in [1.82, 2.24) is 0 Å². The van der Waals surface area contributed by atoms with Crippen molar-refractivity contribution in [3.8, 4) is 5.75 Å². The van der Waals surface area contributed by atoms with E-state index in [0.29, 0.717) is 26.1 Å². The van der Waals surface area contributed by atoms with Gasteiger partial charge < -0.3 is 9.47 Å². The molecule has 1 aromatic carbocycles. The number of hydrogen-bond donors (Lipinski definition) is 0. The van der Waals surface area contributed by atoms with Gasteiger partial charge in [0, 0.05) is 6.42 Å². The lowest BCUT2D eigenvalue weighted by Gasteiger charge is -2.06. The summed E-state index contributed by atoms with van der Waals surface area (Å²) in [7, 11) is 0. The highest BCUT2D eigenvalue weighted by Crippen LogP contribution is 2.12. The van der Waals surface area contributed by atoms with Crippen LogP contribution in [-0.4, -0.2) is 19.2 Å². The molecule has 0 saturated heterocycles. The molecule has 0 aliphatic carbocycles. The van der Waals surface area contributed by atoms with Gasteiger partial charge >= 0.3 is 5.97 Å². The average Bonchev–Trinajstić information content (AvgIpc) is 2.32. The molecule has 3 heteroatoms. The predicted octanol–water partition coefficient (Wildman–Crippen LogP) is 3.11. The summed E-state index contributed by atoms with van der Waals surface area (Å²) in [5, 5.41) is 0. The van der Waals surface area contributed by atoms with E-state index >= 15 is 0 Å². The second-order valence-corrected chi connectivity index (χ2v) is 3.99. The number of rotatable bonds is 7. The third-order valence-corrected chi connectivity index (χ3v) is 2.25. The molecule has 1 rings (SSSR count). The highest BCUT2D eigenvalue weighted by Gasteiger charge is 2.02. The van der Waals surface area contributed by atoms with E-state index in [1.807, 2.05) is 38.1 Å². The summed E-state index contributed by atoms with van der Waals surface area (Å²) in [4.78, 5) is 11.2. The molecule has 0 saturated carbocycles. The maximum Gasteiger partial charge on any atom is 0.305 e. The van der Waals surface area contributed by atoms with E-state index in [9.17, 15) is 4.79 Å². The fourth-order valence-electron chi connectivity index (χ4n) is 1.40. The van der Waals surface area contributed by atoms with Gasteiger partial charge in [-0.3, -0.25) is 4.79 Å². The van der Waals surface area contributed by atoms with E-state index in [1.165, 1.54) is 5.56 Å². The monoisotopic (exact) mass is 236 g/mol. The van der Waals surface area contributed by atoms with Crippen LogP contribution in [0.3, 0.4) is 0 Å². The predicted molar refractivity (Wildman–Crippen MR) is 67.2 cm³/mol. The van der Waals surface area contributed by atoms with Crippen LogP contribution in [-0.2, 0) is 9.53 Å². The minimum atomic E-state index is -0.139. The van der Waals surface area contributed by atoms with Crippen LogP contribution in [0.1, 0.15) is 31.7 Å². The van der Waals surface area contributed by atoms with Crippen LogP contribution in [0.4, 0.5) is 0 Å². The van der Waals surface area contributed by atoms with Gasteiger partial charge in [-0.1, -0.05) is 19.1 Å². The van der Waals surface area contributed by atoms with Crippen LogP contribution in [0.5, 0.6) is 5.75 Å². The molecule has 0 N–H and O–H groups in total. The van der Waals surface area contributed by atoms with Gasteiger partial charge in [-0.2, -0.15) is 0 Å². The zero-order valence-electron chi connectivity index (χ0n) is 10.6. The third kappa shape index (κ3) is 5.95. The van der Waals surface area contributed by atoms with Crippen LogP contribution in [0.2, 0.25) is 0 Å². The molecule has 0 heterocycles. The van der Waals surface area contributed by atoms with E-state index in [4.69, 9.17) is 9.47 Å². The summed E-state index contributed by atoms with van der Waals surface area (Å²) in [6.07, 6.45) is 1.98. The molecule has 3 nitrogen and oxygen atoms in total. The van der Waals surface area contributed by atoms with Crippen LogP contribution >= 0.6 is 0 Å². The van der Waals surface area contributed by atoms with Gasteiger partial charge in [-0.05, 0) is 37.5 Å². The highest BCUT2D eigenvalue weighted by atomic mass is 16.5. The quantitative estimate of drug-likeness (QED) is 0.539. The Morgan fingerprint density at radius 1 is 1.29 bits per heavy atom. The van der Waals surface area contributed by atoms with E-state index in [0.717, 1.165) is 12.2 Å². The summed E-state index contributed by atoms with van der Waals surface area (Å²) in [5.74, 6) is 0.714. The molecule has 0 spiro atoms. The Morgan fingerprint density at radius 3 is 2.82 bits per heavy atom. The fraction of sp³-hybridized carbons (Fsp3) is 0.500. The van der Waals surface area contributed by atoms with Crippen molar-refractivity contribution in [3.63, 3.8) is 0 Å². The Labute approximate surface area is 103 Å². The zero-order valence-corrected chi connectivity index (χ0v) is 10.6. The molecule has 0 aliphatic heterocycles. The molecular formula is C14H20O3. The Morgan fingerprint density at radius 2 is 2.12 bits per heavy atom. The Bertz CT molecular complexity index is 347. The molecule has 94 valence electrons. The number of carbonyl (C=O) groups is 1. The molecule has 0 radical (unpaired) electrons. The first-order valence-electron chi connectivity index (χ1n) is 6.07. The number of ether oxygens (including phenoxy) is 2. The average molecular weight is 236 g/mol. The summed E-state index contributed by atoms with van der Waals surface area (Å²) in [6.45, 7) is 5.06. The SMILES string of the molecule is CCCOC(=O)CCCOc1cccc(C)c1. The largest absolute Gasteiger partial charge is 0.494 e. The first kappa shape index (κ1) is 13.6. The molecule has 0 fully saturated rings. The first-order valence-corrected chi connectivity index (χ1v) is 6.07. The summed E-state index contributed by atoms with van der Waals surface area (Å²) >= 11 is 0. The molecule has 0 bridgehead atoms. The molecule has 1 aromatic rings. The van der Waals surface area contributed by atoms with Crippen molar-refractivity contribution in [2.24, 2.45) is 0 Å². The van der Waals surface area contributed by atoms with Gasteiger partial charge in [0.15, 0.2) is 0 Å².